The Kier molecular flexibility index (Phi) is 4.81. The first-order chi connectivity index (χ1) is 9.86. The van der Waals surface area contributed by atoms with Gasteiger partial charge in [0, 0.05) is 38.3 Å². The van der Waals surface area contributed by atoms with Crippen molar-refractivity contribution in [1.82, 2.24) is 9.21 Å². The van der Waals surface area contributed by atoms with Crippen molar-refractivity contribution in [1.29, 1.82) is 0 Å². The summed E-state index contributed by atoms with van der Waals surface area (Å²) in [5.41, 5.74) is 7.36. The van der Waals surface area contributed by atoms with Gasteiger partial charge in [0.15, 0.2) is 0 Å². The van der Waals surface area contributed by atoms with E-state index in [1.54, 1.807) is 4.90 Å². The first-order valence-corrected chi connectivity index (χ1v) is 8.26. The molecule has 1 saturated heterocycles. The summed E-state index contributed by atoms with van der Waals surface area (Å²) in [7, 11) is -3.65. The standard InChI is InChI=1S/C13H20N4O3S/c14-12-4-1-11(2-5-12)3-6-13(18)16-7-9-17(10-8-16)21(15,19)20/h1-2,4-5H,3,6-10,14H2,(H2,15,19,20). The minimum atomic E-state index is -3.65. The zero-order valence-electron chi connectivity index (χ0n) is 11.7. The third kappa shape index (κ3) is 4.42. The molecule has 1 aliphatic rings. The Hall–Kier alpha value is -1.64. The van der Waals surface area contributed by atoms with Gasteiger partial charge in [-0.3, -0.25) is 4.79 Å². The van der Waals surface area contributed by atoms with Crippen molar-refractivity contribution >= 4 is 21.8 Å². The molecule has 0 radical (unpaired) electrons. The van der Waals surface area contributed by atoms with Crippen LogP contribution in [0.4, 0.5) is 5.69 Å². The van der Waals surface area contributed by atoms with Crippen LogP contribution in [0.15, 0.2) is 24.3 Å². The van der Waals surface area contributed by atoms with Crippen LogP contribution in [0.1, 0.15) is 12.0 Å². The highest BCUT2D eigenvalue weighted by Gasteiger charge is 2.26. The predicted octanol–water partition coefficient (Wildman–Crippen LogP) is -0.451. The van der Waals surface area contributed by atoms with Crippen molar-refractivity contribution in [2.75, 3.05) is 31.9 Å². The summed E-state index contributed by atoms with van der Waals surface area (Å²) in [5.74, 6) is 0.0286. The maximum absolute atomic E-state index is 12.1. The van der Waals surface area contributed by atoms with Crippen LogP contribution in [0, 0.1) is 0 Å². The lowest BCUT2D eigenvalue weighted by Crippen LogP contribution is -2.52. The van der Waals surface area contributed by atoms with E-state index in [1.165, 1.54) is 4.31 Å². The summed E-state index contributed by atoms with van der Waals surface area (Å²) in [6, 6.07) is 7.43. The van der Waals surface area contributed by atoms with E-state index in [-0.39, 0.29) is 19.0 Å². The molecule has 0 aromatic heterocycles. The van der Waals surface area contributed by atoms with E-state index in [0.717, 1.165) is 5.56 Å². The van der Waals surface area contributed by atoms with Gasteiger partial charge in [-0.1, -0.05) is 12.1 Å². The van der Waals surface area contributed by atoms with E-state index in [1.807, 2.05) is 24.3 Å². The van der Waals surface area contributed by atoms with E-state index < -0.39 is 10.2 Å². The molecule has 116 valence electrons. The lowest BCUT2D eigenvalue weighted by Gasteiger charge is -2.33. The quantitative estimate of drug-likeness (QED) is 0.734. The number of rotatable bonds is 4. The largest absolute Gasteiger partial charge is 0.399 e. The van der Waals surface area contributed by atoms with Gasteiger partial charge in [-0.05, 0) is 24.1 Å². The van der Waals surface area contributed by atoms with Crippen LogP contribution < -0.4 is 10.9 Å². The molecule has 2 rings (SSSR count). The fourth-order valence-corrected chi connectivity index (χ4v) is 2.96. The van der Waals surface area contributed by atoms with Crippen molar-refractivity contribution in [3.05, 3.63) is 29.8 Å². The molecule has 1 amide bonds. The summed E-state index contributed by atoms with van der Waals surface area (Å²) in [6.07, 6.45) is 1.05. The Labute approximate surface area is 124 Å². The lowest BCUT2D eigenvalue weighted by atomic mass is 10.1. The number of piperazine rings is 1. The van der Waals surface area contributed by atoms with Crippen LogP contribution >= 0.6 is 0 Å². The number of amides is 1. The predicted molar refractivity (Wildman–Crippen MR) is 80.4 cm³/mol. The Morgan fingerprint density at radius 3 is 2.19 bits per heavy atom. The summed E-state index contributed by atoms with van der Waals surface area (Å²) in [4.78, 5) is 13.8. The Balaban J connectivity index is 1.81. The van der Waals surface area contributed by atoms with Crippen molar-refractivity contribution < 1.29 is 13.2 Å². The smallest absolute Gasteiger partial charge is 0.277 e. The normalized spacial score (nSPS) is 16.9. The first kappa shape index (κ1) is 15.7. The van der Waals surface area contributed by atoms with Gasteiger partial charge in [0.05, 0.1) is 0 Å². The highest BCUT2D eigenvalue weighted by atomic mass is 32.2. The van der Waals surface area contributed by atoms with Gasteiger partial charge in [0.25, 0.3) is 10.2 Å². The Bertz CT molecular complexity index is 592. The van der Waals surface area contributed by atoms with Crippen LogP contribution in [-0.2, 0) is 21.4 Å². The molecular formula is C13H20N4O3S. The maximum atomic E-state index is 12.1. The molecule has 1 aromatic carbocycles. The average molecular weight is 312 g/mol. The summed E-state index contributed by atoms with van der Waals surface area (Å²) < 4.78 is 23.6. The molecule has 0 bridgehead atoms. The number of nitrogen functional groups attached to an aromatic ring is 1. The third-order valence-corrected chi connectivity index (χ3v) is 4.64. The molecule has 8 heteroatoms. The second-order valence-electron chi connectivity index (χ2n) is 5.07. The minimum Gasteiger partial charge on any atom is -0.399 e. The number of anilines is 1. The van der Waals surface area contributed by atoms with E-state index in [4.69, 9.17) is 10.9 Å². The number of aryl methyl sites for hydroxylation is 1. The van der Waals surface area contributed by atoms with Crippen molar-refractivity contribution in [3.63, 3.8) is 0 Å². The molecule has 0 spiro atoms. The molecule has 0 saturated carbocycles. The lowest BCUT2D eigenvalue weighted by molar-refractivity contribution is -0.132. The summed E-state index contributed by atoms with van der Waals surface area (Å²) >= 11 is 0. The highest BCUT2D eigenvalue weighted by molar-refractivity contribution is 7.86. The molecule has 7 nitrogen and oxygen atoms in total. The molecule has 21 heavy (non-hydrogen) atoms. The molecule has 4 N–H and O–H groups in total. The second-order valence-corrected chi connectivity index (χ2v) is 6.61. The zero-order chi connectivity index (χ0) is 15.5. The Morgan fingerprint density at radius 1 is 1.10 bits per heavy atom. The van der Waals surface area contributed by atoms with Crippen LogP contribution in [0.25, 0.3) is 0 Å². The molecule has 1 fully saturated rings. The topological polar surface area (TPSA) is 110 Å². The monoisotopic (exact) mass is 312 g/mol. The molecule has 0 unspecified atom stereocenters. The van der Waals surface area contributed by atoms with Gasteiger partial charge in [-0.25, -0.2) is 5.14 Å². The van der Waals surface area contributed by atoms with Gasteiger partial charge < -0.3 is 10.6 Å². The molecule has 1 aliphatic heterocycles. The van der Waals surface area contributed by atoms with Gasteiger partial charge in [0.1, 0.15) is 0 Å². The number of benzene rings is 1. The van der Waals surface area contributed by atoms with E-state index in [0.29, 0.717) is 31.6 Å². The van der Waals surface area contributed by atoms with Gasteiger partial charge in [-0.15, -0.1) is 0 Å². The Morgan fingerprint density at radius 2 is 1.67 bits per heavy atom. The molecular weight excluding hydrogens is 292 g/mol. The minimum absolute atomic E-state index is 0.0286. The summed E-state index contributed by atoms with van der Waals surface area (Å²) in [6.45, 7) is 1.28. The molecule has 0 aliphatic carbocycles. The number of carbonyl (C=O) groups excluding carboxylic acids is 1. The number of hydrogen-bond donors (Lipinski definition) is 2. The average Bonchev–Trinajstić information content (AvgIpc) is 2.45. The number of nitrogens with two attached hydrogens (primary N) is 2. The first-order valence-electron chi connectivity index (χ1n) is 6.76. The number of hydrogen-bond acceptors (Lipinski definition) is 4. The molecule has 1 heterocycles. The maximum Gasteiger partial charge on any atom is 0.277 e. The van der Waals surface area contributed by atoms with Gasteiger partial charge >= 0.3 is 0 Å². The van der Waals surface area contributed by atoms with Crippen molar-refractivity contribution in [2.45, 2.75) is 12.8 Å². The second kappa shape index (κ2) is 6.42. The van der Waals surface area contributed by atoms with E-state index >= 15 is 0 Å². The summed E-state index contributed by atoms with van der Waals surface area (Å²) in [5, 5.41) is 5.06. The van der Waals surface area contributed by atoms with Gasteiger partial charge in [0.2, 0.25) is 5.91 Å². The van der Waals surface area contributed by atoms with E-state index in [9.17, 15) is 13.2 Å². The highest BCUT2D eigenvalue weighted by Crippen LogP contribution is 2.10. The van der Waals surface area contributed by atoms with E-state index in [2.05, 4.69) is 0 Å². The number of nitrogens with zero attached hydrogens (tertiary/aromatic N) is 2. The van der Waals surface area contributed by atoms with Crippen LogP contribution in [0.2, 0.25) is 0 Å². The van der Waals surface area contributed by atoms with Crippen molar-refractivity contribution in [3.8, 4) is 0 Å². The van der Waals surface area contributed by atoms with Gasteiger partial charge in [-0.2, -0.15) is 12.7 Å². The van der Waals surface area contributed by atoms with Crippen LogP contribution in [-0.4, -0.2) is 49.7 Å². The van der Waals surface area contributed by atoms with Crippen LogP contribution in [0.3, 0.4) is 0 Å². The zero-order valence-corrected chi connectivity index (χ0v) is 12.6. The number of carbonyl (C=O) groups is 1. The third-order valence-electron chi connectivity index (χ3n) is 3.56. The fourth-order valence-electron chi connectivity index (χ4n) is 2.29. The van der Waals surface area contributed by atoms with Crippen molar-refractivity contribution in [2.24, 2.45) is 5.14 Å². The molecule has 0 atom stereocenters. The fraction of sp³-hybridized carbons (Fsp3) is 0.462. The van der Waals surface area contributed by atoms with Crippen LogP contribution in [0.5, 0.6) is 0 Å². The SMILES string of the molecule is Nc1ccc(CCC(=O)N2CCN(S(N)(=O)=O)CC2)cc1. The molecule has 1 aromatic rings.